The summed E-state index contributed by atoms with van der Waals surface area (Å²) in [5.74, 6) is 0.540. The summed E-state index contributed by atoms with van der Waals surface area (Å²) in [5, 5.41) is 2.81. The number of rotatable bonds is 3. The lowest BCUT2D eigenvalue weighted by Crippen LogP contribution is -2.52. The molecule has 2 aliphatic rings. The number of carbonyl (C=O) groups is 1. The minimum Gasteiger partial charge on any atom is -0.378 e. The number of nitrogens with zero attached hydrogens (tertiary/aromatic N) is 2. The first-order valence-corrected chi connectivity index (χ1v) is 8.15. The van der Waals surface area contributed by atoms with Crippen molar-refractivity contribution in [3.63, 3.8) is 0 Å². The second-order valence-corrected chi connectivity index (χ2v) is 6.38. The van der Waals surface area contributed by atoms with Crippen molar-refractivity contribution in [3.8, 4) is 0 Å². The molecule has 5 heteroatoms. The fraction of sp³-hybridized carbons (Fsp3) is 0.647. The summed E-state index contributed by atoms with van der Waals surface area (Å²) in [5.41, 5.74) is 2.16. The predicted octanol–water partition coefficient (Wildman–Crippen LogP) is 1.36. The van der Waals surface area contributed by atoms with Gasteiger partial charge in [0.2, 0.25) is 5.91 Å². The van der Waals surface area contributed by atoms with Gasteiger partial charge in [-0.1, -0.05) is 6.07 Å². The molecule has 5 nitrogen and oxygen atoms in total. The fourth-order valence-electron chi connectivity index (χ4n) is 3.76. The molecule has 2 fully saturated rings. The van der Waals surface area contributed by atoms with Gasteiger partial charge in [-0.2, -0.15) is 0 Å². The van der Waals surface area contributed by atoms with Gasteiger partial charge in [-0.25, -0.2) is 0 Å². The third-order valence-corrected chi connectivity index (χ3v) is 4.87. The van der Waals surface area contributed by atoms with E-state index in [4.69, 9.17) is 4.74 Å². The topological polar surface area (TPSA) is 54.5 Å². The smallest absolute Gasteiger partial charge is 0.223 e. The molecule has 2 aliphatic heterocycles. The van der Waals surface area contributed by atoms with E-state index in [2.05, 4.69) is 27.3 Å². The molecule has 3 rings (SSSR count). The Hall–Kier alpha value is -1.46. The van der Waals surface area contributed by atoms with Crippen LogP contribution in [0.2, 0.25) is 0 Å². The molecule has 1 amide bonds. The van der Waals surface area contributed by atoms with E-state index in [0.29, 0.717) is 12.5 Å². The molecule has 0 radical (unpaired) electrons. The van der Waals surface area contributed by atoms with Gasteiger partial charge < -0.3 is 10.1 Å². The normalized spacial score (nSPS) is 28.9. The van der Waals surface area contributed by atoms with Crippen molar-refractivity contribution < 1.29 is 9.53 Å². The van der Waals surface area contributed by atoms with Crippen molar-refractivity contribution in [3.05, 3.63) is 29.6 Å². The monoisotopic (exact) mass is 303 g/mol. The van der Waals surface area contributed by atoms with Crippen LogP contribution in [0.1, 0.15) is 24.2 Å². The maximum atomic E-state index is 12.1. The third kappa shape index (κ3) is 3.31. The molecule has 0 spiro atoms. The van der Waals surface area contributed by atoms with E-state index in [0.717, 1.165) is 43.9 Å². The van der Waals surface area contributed by atoms with Gasteiger partial charge in [-0.3, -0.25) is 14.7 Å². The number of carbonyl (C=O) groups excluding carboxylic acids is 1. The van der Waals surface area contributed by atoms with Crippen LogP contribution in [0.4, 0.5) is 0 Å². The van der Waals surface area contributed by atoms with E-state index >= 15 is 0 Å². The van der Waals surface area contributed by atoms with Crippen LogP contribution < -0.4 is 5.32 Å². The second kappa shape index (κ2) is 6.75. The highest BCUT2D eigenvalue weighted by molar-refractivity contribution is 5.78. The van der Waals surface area contributed by atoms with Crippen LogP contribution in [0, 0.1) is 18.8 Å². The molecule has 1 aromatic rings. The van der Waals surface area contributed by atoms with Crippen LogP contribution >= 0.6 is 0 Å². The standard InChI is InChI=1S/C17H25N3O2/c1-12-4-3-5-13(19-12)10-20-8-6-16-15(11-20)14(7-9-22-16)17(21)18-2/h3-5,14-16H,6-11H2,1-2H3,(H,18,21)/t14-,15-,16-/m1/s1. The van der Waals surface area contributed by atoms with Crippen molar-refractivity contribution in [1.29, 1.82) is 0 Å². The molecule has 0 bridgehead atoms. The number of hydrogen-bond donors (Lipinski definition) is 1. The molecule has 1 N–H and O–H groups in total. The molecule has 22 heavy (non-hydrogen) atoms. The fourth-order valence-corrected chi connectivity index (χ4v) is 3.76. The zero-order chi connectivity index (χ0) is 15.5. The van der Waals surface area contributed by atoms with Gasteiger partial charge in [0.1, 0.15) is 0 Å². The number of fused-ring (bicyclic) bond motifs is 1. The second-order valence-electron chi connectivity index (χ2n) is 6.38. The van der Waals surface area contributed by atoms with Crippen LogP contribution in [0.25, 0.3) is 0 Å². The summed E-state index contributed by atoms with van der Waals surface area (Å²) >= 11 is 0. The molecule has 3 atom stereocenters. The lowest BCUT2D eigenvalue weighted by atomic mass is 9.79. The summed E-state index contributed by atoms with van der Waals surface area (Å²) in [6, 6.07) is 6.15. The number of likely N-dealkylation sites (tertiary alicyclic amines) is 1. The Bertz CT molecular complexity index is 534. The molecule has 120 valence electrons. The SMILES string of the molecule is CNC(=O)[C@@H]1CCO[C@@H]2CCN(Cc3cccc(C)n3)C[C@@H]21. The van der Waals surface area contributed by atoms with E-state index in [9.17, 15) is 4.79 Å². The summed E-state index contributed by atoms with van der Waals surface area (Å²) in [6.45, 7) is 5.51. The van der Waals surface area contributed by atoms with Crippen LogP contribution in [0.5, 0.6) is 0 Å². The van der Waals surface area contributed by atoms with Gasteiger partial charge in [0, 0.05) is 50.8 Å². The molecule has 2 saturated heterocycles. The Morgan fingerprint density at radius 2 is 2.32 bits per heavy atom. The van der Waals surface area contributed by atoms with Crippen molar-refractivity contribution in [2.75, 3.05) is 26.7 Å². The Morgan fingerprint density at radius 3 is 3.09 bits per heavy atom. The molecule has 1 aromatic heterocycles. The minimum atomic E-state index is 0.0806. The molecule has 0 aromatic carbocycles. The summed E-state index contributed by atoms with van der Waals surface area (Å²) in [6.07, 6.45) is 2.07. The molecule has 0 saturated carbocycles. The highest BCUT2D eigenvalue weighted by Crippen LogP contribution is 2.33. The first-order valence-electron chi connectivity index (χ1n) is 8.15. The highest BCUT2D eigenvalue weighted by Gasteiger charge is 2.41. The van der Waals surface area contributed by atoms with Crippen LogP contribution in [0.3, 0.4) is 0 Å². The van der Waals surface area contributed by atoms with Gasteiger partial charge >= 0.3 is 0 Å². The number of amides is 1. The summed E-state index contributed by atoms with van der Waals surface area (Å²) < 4.78 is 5.90. The number of aryl methyl sites for hydroxylation is 1. The van der Waals surface area contributed by atoms with Crippen molar-refractivity contribution in [2.24, 2.45) is 11.8 Å². The average molecular weight is 303 g/mol. The number of aromatic nitrogens is 1. The van der Waals surface area contributed by atoms with E-state index in [-0.39, 0.29) is 17.9 Å². The van der Waals surface area contributed by atoms with Gasteiger partial charge in [0.05, 0.1) is 11.8 Å². The summed E-state index contributed by atoms with van der Waals surface area (Å²) in [7, 11) is 1.73. The maximum absolute atomic E-state index is 12.1. The van der Waals surface area contributed by atoms with Gasteiger partial charge in [-0.05, 0) is 31.9 Å². The van der Waals surface area contributed by atoms with E-state index in [1.807, 2.05) is 13.0 Å². The highest BCUT2D eigenvalue weighted by atomic mass is 16.5. The van der Waals surface area contributed by atoms with Crippen LogP contribution in [0.15, 0.2) is 18.2 Å². The van der Waals surface area contributed by atoms with Crippen LogP contribution in [-0.2, 0) is 16.1 Å². The van der Waals surface area contributed by atoms with Crippen LogP contribution in [-0.4, -0.2) is 48.6 Å². The lowest BCUT2D eigenvalue weighted by molar-refractivity contribution is -0.141. The Morgan fingerprint density at radius 1 is 1.45 bits per heavy atom. The molecule has 0 aliphatic carbocycles. The Kier molecular flexibility index (Phi) is 4.74. The third-order valence-electron chi connectivity index (χ3n) is 4.87. The largest absolute Gasteiger partial charge is 0.378 e. The number of piperidine rings is 1. The first-order chi connectivity index (χ1) is 10.7. The van der Waals surface area contributed by atoms with Crippen molar-refractivity contribution in [2.45, 2.75) is 32.4 Å². The van der Waals surface area contributed by atoms with E-state index < -0.39 is 0 Å². The average Bonchev–Trinajstić information content (AvgIpc) is 2.53. The first kappa shape index (κ1) is 15.4. The van der Waals surface area contributed by atoms with Gasteiger partial charge in [0.15, 0.2) is 0 Å². The number of nitrogens with one attached hydrogen (secondary N) is 1. The minimum absolute atomic E-state index is 0.0806. The molecule has 0 unspecified atom stereocenters. The quantitative estimate of drug-likeness (QED) is 0.916. The lowest BCUT2D eigenvalue weighted by Gasteiger charge is -2.44. The number of pyridine rings is 1. The van der Waals surface area contributed by atoms with E-state index in [1.54, 1.807) is 7.05 Å². The van der Waals surface area contributed by atoms with Crippen molar-refractivity contribution >= 4 is 5.91 Å². The van der Waals surface area contributed by atoms with Gasteiger partial charge in [0.25, 0.3) is 0 Å². The zero-order valence-electron chi connectivity index (χ0n) is 13.4. The Balaban J connectivity index is 1.68. The van der Waals surface area contributed by atoms with E-state index in [1.165, 1.54) is 0 Å². The maximum Gasteiger partial charge on any atom is 0.223 e. The van der Waals surface area contributed by atoms with Gasteiger partial charge in [-0.15, -0.1) is 0 Å². The summed E-state index contributed by atoms with van der Waals surface area (Å²) in [4.78, 5) is 19.1. The number of ether oxygens (including phenoxy) is 1. The number of hydrogen-bond acceptors (Lipinski definition) is 4. The predicted molar refractivity (Wildman–Crippen MR) is 84.3 cm³/mol. The molecular weight excluding hydrogens is 278 g/mol. The Labute approximate surface area is 132 Å². The van der Waals surface area contributed by atoms with Crippen molar-refractivity contribution in [1.82, 2.24) is 15.2 Å². The molecular formula is C17H25N3O2. The molecule has 3 heterocycles. The zero-order valence-corrected chi connectivity index (χ0v) is 13.4.